The van der Waals surface area contributed by atoms with Crippen LogP contribution in [0.2, 0.25) is 0 Å². The van der Waals surface area contributed by atoms with E-state index in [9.17, 15) is 0 Å². The molecule has 0 bridgehead atoms. The minimum atomic E-state index is 0.569. The molecule has 124 valence electrons. The largest absolute Gasteiger partial charge is 0.398 e. The molecule has 3 nitrogen and oxygen atoms in total. The van der Waals surface area contributed by atoms with Crippen LogP contribution in [0.5, 0.6) is 0 Å². The van der Waals surface area contributed by atoms with Gasteiger partial charge in [-0.3, -0.25) is 0 Å². The maximum Gasteiger partial charge on any atom is 0.0503 e. The summed E-state index contributed by atoms with van der Waals surface area (Å²) in [6.07, 6.45) is 7.84. The number of nitrogens with two attached hydrogens (primary N) is 3. The Labute approximate surface area is 148 Å². The van der Waals surface area contributed by atoms with E-state index in [2.05, 4.69) is 0 Å². The van der Waals surface area contributed by atoms with Crippen molar-refractivity contribution in [2.75, 3.05) is 17.2 Å². The number of hydrogen-bond donors (Lipinski definition) is 3. The highest BCUT2D eigenvalue weighted by atomic mass is 14.7. The van der Waals surface area contributed by atoms with Crippen molar-refractivity contribution in [2.24, 2.45) is 0 Å². The minimum Gasteiger partial charge on any atom is -0.398 e. The van der Waals surface area contributed by atoms with Crippen LogP contribution in [0.15, 0.2) is 66.7 Å². The fourth-order valence-electron chi connectivity index (χ4n) is 2.64. The first kappa shape index (κ1) is 16.4. The van der Waals surface area contributed by atoms with Gasteiger partial charge in [0.2, 0.25) is 0 Å². The molecule has 3 heteroatoms. The molecule has 0 aliphatic carbocycles. The molecule has 0 spiro atoms. The van der Waals surface area contributed by atoms with Crippen LogP contribution >= 0.6 is 0 Å². The van der Waals surface area contributed by atoms with E-state index in [0.717, 1.165) is 22.3 Å². The lowest BCUT2D eigenvalue weighted by molar-refractivity contribution is 1.58. The predicted molar refractivity (Wildman–Crippen MR) is 110 cm³/mol. The second-order valence-corrected chi connectivity index (χ2v) is 5.78. The third kappa shape index (κ3) is 3.90. The highest BCUT2D eigenvalue weighted by Crippen LogP contribution is 2.32. The van der Waals surface area contributed by atoms with Gasteiger partial charge in [0.1, 0.15) is 0 Å². The molecule has 0 saturated heterocycles. The van der Waals surface area contributed by atoms with Crippen LogP contribution in [0.4, 0.5) is 17.1 Å². The summed E-state index contributed by atoms with van der Waals surface area (Å²) in [5.41, 5.74) is 24.1. The Kier molecular flexibility index (Phi) is 4.86. The Morgan fingerprint density at radius 2 is 0.920 bits per heavy atom. The van der Waals surface area contributed by atoms with Gasteiger partial charge in [-0.05, 0) is 17.2 Å². The van der Waals surface area contributed by atoms with E-state index in [1.54, 1.807) is 6.07 Å². The summed E-state index contributed by atoms with van der Waals surface area (Å²) in [6, 6.07) is 21.8. The van der Waals surface area contributed by atoms with Crippen molar-refractivity contribution in [1.82, 2.24) is 0 Å². The summed E-state index contributed by atoms with van der Waals surface area (Å²) in [6.45, 7) is 0. The molecule has 0 aliphatic heterocycles. The molecule has 0 heterocycles. The van der Waals surface area contributed by atoms with Gasteiger partial charge in [-0.15, -0.1) is 0 Å². The number of benzene rings is 3. The fraction of sp³-hybridized carbons (Fsp3) is 0. The van der Waals surface area contributed by atoms with Crippen molar-refractivity contribution in [3.63, 3.8) is 0 Å². The third-order valence-electron chi connectivity index (χ3n) is 4.00. The number of nitrogen functional groups attached to an aromatic ring is 3. The minimum absolute atomic E-state index is 0.569. The highest BCUT2D eigenvalue weighted by Gasteiger charge is 2.09. The smallest absolute Gasteiger partial charge is 0.0503 e. The molecular formula is C22H21N3. The van der Waals surface area contributed by atoms with E-state index in [1.165, 1.54) is 0 Å². The third-order valence-corrected chi connectivity index (χ3v) is 4.00. The molecule has 3 rings (SSSR count). The molecule has 3 aromatic carbocycles. The predicted octanol–water partition coefficient (Wildman–Crippen LogP) is 4.77. The van der Waals surface area contributed by atoms with Crippen LogP contribution < -0.4 is 17.2 Å². The lowest BCUT2D eigenvalue weighted by Gasteiger charge is -2.12. The van der Waals surface area contributed by atoms with Crippen molar-refractivity contribution >= 4 is 41.4 Å². The molecule has 0 unspecified atom stereocenters. The summed E-state index contributed by atoms with van der Waals surface area (Å²) in [5.74, 6) is 0. The van der Waals surface area contributed by atoms with Gasteiger partial charge in [0.15, 0.2) is 0 Å². The van der Waals surface area contributed by atoms with Crippen LogP contribution in [0.25, 0.3) is 24.3 Å². The van der Waals surface area contributed by atoms with Gasteiger partial charge >= 0.3 is 0 Å². The zero-order valence-electron chi connectivity index (χ0n) is 13.9. The van der Waals surface area contributed by atoms with E-state index in [0.29, 0.717) is 17.1 Å². The first-order chi connectivity index (χ1) is 12.1. The Morgan fingerprint density at radius 1 is 0.520 bits per heavy atom. The van der Waals surface area contributed by atoms with E-state index in [1.807, 2.05) is 85.0 Å². The van der Waals surface area contributed by atoms with E-state index < -0.39 is 0 Å². The lowest BCUT2D eigenvalue weighted by atomic mass is 10.0. The van der Waals surface area contributed by atoms with E-state index >= 15 is 0 Å². The van der Waals surface area contributed by atoms with E-state index in [4.69, 9.17) is 17.2 Å². The van der Waals surface area contributed by atoms with Crippen molar-refractivity contribution in [2.45, 2.75) is 0 Å². The van der Waals surface area contributed by atoms with Crippen LogP contribution in [-0.4, -0.2) is 0 Å². The summed E-state index contributed by atoms with van der Waals surface area (Å²) in [5, 5.41) is 0. The average Bonchev–Trinajstić information content (AvgIpc) is 2.63. The summed E-state index contributed by atoms with van der Waals surface area (Å²) in [7, 11) is 0. The first-order valence-corrected chi connectivity index (χ1v) is 8.09. The van der Waals surface area contributed by atoms with E-state index in [-0.39, 0.29) is 0 Å². The second kappa shape index (κ2) is 7.41. The molecular weight excluding hydrogens is 306 g/mol. The zero-order valence-corrected chi connectivity index (χ0v) is 13.9. The molecule has 0 atom stereocenters. The summed E-state index contributed by atoms with van der Waals surface area (Å²) >= 11 is 0. The maximum absolute atomic E-state index is 6.35. The molecule has 6 N–H and O–H groups in total. The van der Waals surface area contributed by atoms with Crippen LogP contribution in [0.3, 0.4) is 0 Å². The van der Waals surface area contributed by atoms with Crippen LogP contribution in [-0.2, 0) is 0 Å². The fourth-order valence-corrected chi connectivity index (χ4v) is 2.64. The maximum atomic E-state index is 6.35. The summed E-state index contributed by atoms with van der Waals surface area (Å²) < 4.78 is 0. The monoisotopic (exact) mass is 327 g/mol. The number of rotatable bonds is 4. The van der Waals surface area contributed by atoms with Gasteiger partial charge < -0.3 is 17.2 Å². The van der Waals surface area contributed by atoms with Crippen molar-refractivity contribution in [3.8, 4) is 0 Å². The topological polar surface area (TPSA) is 78.1 Å². The van der Waals surface area contributed by atoms with Crippen molar-refractivity contribution in [3.05, 3.63) is 89.0 Å². The molecule has 0 fully saturated rings. The zero-order chi connectivity index (χ0) is 17.6. The van der Waals surface area contributed by atoms with Crippen molar-refractivity contribution in [1.29, 1.82) is 0 Å². The normalized spacial score (nSPS) is 11.4. The molecule has 0 amide bonds. The van der Waals surface area contributed by atoms with Gasteiger partial charge in [0.25, 0.3) is 0 Å². The Balaban J connectivity index is 1.97. The summed E-state index contributed by atoms with van der Waals surface area (Å²) in [4.78, 5) is 0. The Morgan fingerprint density at radius 3 is 1.32 bits per heavy atom. The molecule has 0 aliphatic rings. The quantitative estimate of drug-likeness (QED) is 0.477. The Bertz CT molecular complexity index is 837. The molecule has 25 heavy (non-hydrogen) atoms. The standard InChI is InChI=1S/C22H21N3/c23-20-15-21(24)19(14-12-17-9-5-2-6-10-17)22(25)18(20)13-11-16-7-3-1-4-8-16/h1-15H,23-25H2/b13-11+,14-12+. The van der Waals surface area contributed by atoms with Gasteiger partial charge in [-0.25, -0.2) is 0 Å². The molecule has 0 saturated carbocycles. The van der Waals surface area contributed by atoms with Crippen molar-refractivity contribution < 1.29 is 0 Å². The van der Waals surface area contributed by atoms with Crippen LogP contribution in [0, 0.1) is 0 Å². The SMILES string of the molecule is Nc1cc(N)c(/C=C/c2ccccc2)c(N)c1/C=C/c1ccccc1. The van der Waals surface area contributed by atoms with Gasteiger partial charge in [-0.2, -0.15) is 0 Å². The molecule has 0 aromatic heterocycles. The van der Waals surface area contributed by atoms with Gasteiger partial charge in [0.05, 0.1) is 5.69 Å². The van der Waals surface area contributed by atoms with Crippen LogP contribution in [0.1, 0.15) is 22.3 Å². The van der Waals surface area contributed by atoms with Gasteiger partial charge in [-0.1, -0.05) is 85.0 Å². The number of anilines is 3. The molecule has 3 aromatic rings. The Hall–Kier alpha value is -3.46. The lowest BCUT2D eigenvalue weighted by Crippen LogP contribution is -2.02. The second-order valence-electron chi connectivity index (χ2n) is 5.78. The highest BCUT2D eigenvalue weighted by molar-refractivity contribution is 5.93. The average molecular weight is 327 g/mol. The number of hydrogen-bond acceptors (Lipinski definition) is 3. The first-order valence-electron chi connectivity index (χ1n) is 8.09. The van der Waals surface area contributed by atoms with Gasteiger partial charge in [0, 0.05) is 22.5 Å². The molecule has 0 radical (unpaired) electrons.